The summed E-state index contributed by atoms with van der Waals surface area (Å²) >= 11 is 5.13. The van der Waals surface area contributed by atoms with Crippen molar-refractivity contribution in [3.8, 4) is 0 Å². The van der Waals surface area contributed by atoms with Gasteiger partial charge in [-0.3, -0.25) is 0 Å². The summed E-state index contributed by atoms with van der Waals surface area (Å²) in [6.45, 7) is 2.06. The normalized spacial score (nSPS) is 20.3. The second-order valence-electron chi connectivity index (χ2n) is 3.07. The molecule has 0 unspecified atom stereocenters. The van der Waals surface area contributed by atoms with Crippen LogP contribution in [0.4, 0.5) is 0 Å². The fourth-order valence-corrected chi connectivity index (χ4v) is 3.30. The molecule has 2 rings (SSSR count). The van der Waals surface area contributed by atoms with Crippen molar-refractivity contribution in [3.05, 3.63) is 20.3 Å². The Labute approximate surface area is 78.2 Å². The standard InChI is InChI=1S/C8H9BrOS/c1-5-4-6(9)7(11-5)8(10)2-3-8/h4,10H,2-3H2,1H3. The molecule has 1 aromatic heterocycles. The van der Waals surface area contributed by atoms with E-state index in [4.69, 9.17) is 0 Å². The predicted molar refractivity (Wildman–Crippen MR) is 49.9 cm³/mol. The molecule has 0 amide bonds. The minimum absolute atomic E-state index is 0.474. The summed E-state index contributed by atoms with van der Waals surface area (Å²) in [5.74, 6) is 0. The number of hydrogen-bond acceptors (Lipinski definition) is 2. The van der Waals surface area contributed by atoms with Crippen molar-refractivity contribution >= 4 is 27.3 Å². The summed E-state index contributed by atoms with van der Waals surface area (Å²) in [6, 6.07) is 2.07. The third-order valence-corrected chi connectivity index (χ3v) is 4.09. The lowest BCUT2D eigenvalue weighted by Crippen LogP contribution is -2.00. The Morgan fingerprint density at radius 2 is 2.27 bits per heavy atom. The maximum absolute atomic E-state index is 9.77. The number of thiophene rings is 1. The lowest BCUT2D eigenvalue weighted by molar-refractivity contribution is 0.155. The molecular formula is C8H9BrOS. The minimum atomic E-state index is -0.474. The molecule has 0 saturated heterocycles. The smallest absolute Gasteiger partial charge is 0.100 e. The first-order valence-electron chi connectivity index (χ1n) is 3.61. The van der Waals surface area contributed by atoms with Crippen LogP contribution in [-0.2, 0) is 5.60 Å². The molecule has 11 heavy (non-hydrogen) atoms. The van der Waals surface area contributed by atoms with E-state index < -0.39 is 5.60 Å². The van der Waals surface area contributed by atoms with E-state index in [0.29, 0.717) is 0 Å². The van der Waals surface area contributed by atoms with Crippen molar-refractivity contribution in [3.63, 3.8) is 0 Å². The molecule has 1 aromatic rings. The Bertz CT molecular complexity index is 288. The fourth-order valence-electron chi connectivity index (χ4n) is 1.15. The van der Waals surface area contributed by atoms with E-state index in [1.807, 2.05) is 0 Å². The van der Waals surface area contributed by atoms with E-state index in [1.54, 1.807) is 11.3 Å². The van der Waals surface area contributed by atoms with Gasteiger partial charge in [-0.15, -0.1) is 11.3 Å². The topological polar surface area (TPSA) is 20.2 Å². The van der Waals surface area contributed by atoms with Crippen molar-refractivity contribution < 1.29 is 5.11 Å². The van der Waals surface area contributed by atoms with Crippen molar-refractivity contribution in [2.24, 2.45) is 0 Å². The highest BCUT2D eigenvalue weighted by atomic mass is 79.9. The zero-order valence-electron chi connectivity index (χ0n) is 6.22. The number of hydrogen-bond donors (Lipinski definition) is 1. The molecule has 1 saturated carbocycles. The van der Waals surface area contributed by atoms with Crippen LogP contribution in [0.1, 0.15) is 22.6 Å². The molecule has 0 aliphatic heterocycles. The maximum Gasteiger partial charge on any atom is 0.100 e. The van der Waals surface area contributed by atoms with Crippen LogP contribution in [0, 0.1) is 6.92 Å². The van der Waals surface area contributed by atoms with Gasteiger partial charge in [0.05, 0.1) is 4.88 Å². The molecule has 1 aliphatic carbocycles. The largest absolute Gasteiger partial charge is 0.384 e. The van der Waals surface area contributed by atoms with E-state index in [-0.39, 0.29) is 0 Å². The Morgan fingerprint density at radius 1 is 1.64 bits per heavy atom. The van der Waals surface area contributed by atoms with Gasteiger partial charge in [0.1, 0.15) is 5.60 Å². The first-order valence-corrected chi connectivity index (χ1v) is 5.21. The number of halogens is 1. The molecule has 1 N–H and O–H groups in total. The van der Waals surface area contributed by atoms with E-state index in [1.165, 1.54) is 4.88 Å². The fraction of sp³-hybridized carbons (Fsp3) is 0.500. The zero-order chi connectivity index (χ0) is 8.06. The van der Waals surface area contributed by atoms with Crippen LogP contribution in [0.2, 0.25) is 0 Å². The van der Waals surface area contributed by atoms with Gasteiger partial charge in [0.25, 0.3) is 0 Å². The molecule has 0 spiro atoms. The molecule has 0 aromatic carbocycles. The summed E-state index contributed by atoms with van der Waals surface area (Å²) in [7, 11) is 0. The van der Waals surface area contributed by atoms with Crippen LogP contribution in [0.3, 0.4) is 0 Å². The summed E-state index contributed by atoms with van der Waals surface area (Å²) in [6.07, 6.45) is 1.84. The highest BCUT2D eigenvalue weighted by Gasteiger charge is 2.44. The lowest BCUT2D eigenvalue weighted by atomic mass is 10.3. The number of aliphatic hydroxyl groups is 1. The molecule has 1 heterocycles. The first-order chi connectivity index (χ1) is 5.12. The third kappa shape index (κ3) is 1.25. The molecule has 1 fully saturated rings. The van der Waals surface area contributed by atoms with Crippen molar-refractivity contribution in [1.29, 1.82) is 0 Å². The van der Waals surface area contributed by atoms with Gasteiger partial charge in [-0.1, -0.05) is 0 Å². The highest BCUT2D eigenvalue weighted by Crippen LogP contribution is 2.50. The molecule has 0 radical (unpaired) electrons. The van der Waals surface area contributed by atoms with E-state index in [0.717, 1.165) is 22.2 Å². The summed E-state index contributed by atoms with van der Waals surface area (Å²) < 4.78 is 1.07. The van der Waals surface area contributed by atoms with Crippen molar-refractivity contribution in [2.75, 3.05) is 0 Å². The average molecular weight is 233 g/mol. The Kier molecular flexibility index (Phi) is 1.63. The summed E-state index contributed by atoms with van der Waals surface area (Å²) in [4.78, 5) is 2.36. The van der Waals surface area contributed by atoms with Crippen LogP contribution in [0.15, 0.2) is 10.5 Å². The molecule has 0 atom stereocenters. The number of rotatable bonds is 1. The molecule has 3 heteroatoms. The van der Waals surface area contributed by atoms with Crippen LogP contribution in [0.5, 0.6) is 0 Å². The van der Waals surface area contributed by atoms with Crippen LogP contribution >= 0.6 is 27.3 Å². The first kappa shape index (κ1) is 7.77. The highest BCUT2D eigenvalue weighted by molar-refractivity contribution is 9.10. The second kappa shape index (κ2) is 2.31. The predicted octanol–water partition coefficient (Wildman–Crippen LogP) is 2.80. The summed E-state index contributed by atoms with van der Waals surface area (Å²) in [5, 5.41) is 9.77. The SMILES string of the molecule is Cc1cc(Br)c(C2(O)CC2)s1. The van der Waals surface area contributed by atoms with Crippen LogP contribution < -0.4 is 0 Å². The molecule has 60 valence electrons. The monoisotopic (exact) mass is 232 g/mol. The lowest BCUT2D eigenvalue weighted by Gasteiger charge is -2.03. The van der Waals surface area contributed by atoms with Gasteiger partial charge in [0.15, 0.2) is 0 Å². The number of aryl methyl sites for hydroxylation is 1. The zero-order valence-corrected chi connectivity index (χ0v) is 8.63. The quantitative estimate of drug-likeness (QED) is 0.790. The van der Waals surface area contributed by atoms with Gasteiger partial charge in [-0.25, -0.2) is 0 Å². The minimum Gasteiger partial charge on any atom is -0.384 e. The Morgan fingerprint density at radius 3 is 2.64 bits per heavy atom. The van der Waals surface area contributed by atoms with Gasteiger partial charge >= 0.3 is 0 Å². The van der Waals surface area contributed by atoms with E-state index in [9.17, 15) is 5.11 Å². The Hall–Kier alpha value is 0.140. The molecule has 1 aliphatic rings. The third-order valence-electron chi connectivity index (χ3n) is 1.96. The molecule has 0 bridgehead atoms. The van der Waals surface area contributed by atoms with Crippen LogP contribution in [-0.4, -0.2) is 5.11 Å². The van der Waals surface area contributed by atoms with Gasteiger partial charge in [-0.05, 0) is 41.8 Å². The summed E-state index contributed by atoms with van der Waals surface area (Å²) in [5.41, 5.74) is -0.474. The van der Waals surface area contributed by atoms with E-state index >= 15 is 0 Å². The van der Waals surface area contributed by atoms with Crippen molar-refractivity contribution in [1.82, 2.24) is 0 Å². The van der Waals surface area contributed by atoms with Gasteiger partial charge in [0, 0.05) is 9.35 Å². The van der Waals surface area contributed by atoms with Crippen molar-refractivity contribution in [2.45, 2.75) is 25.4 Å². The second-order valence-corrected chi connectivity index (χ2v) is 5.18. The van der Waals surface area contributed by atoms with E-state index in [2.05, 4.69) is 28.9 Å². The van der Waals surface area contributed by atoms with Gasteiger partial charge in [0.2, 0.25) is 0 Å². The molecular weight excluding hydrogens is 224 g/mol. The van der Waals surface area contributed by atoms with Gasteiger partial charge in [-0.2, -0.15) is 0 Å². The molecule has 1 nitrogen and oxygen atoms in total. The maximum atomic E-state index is 9.77. The average Bonchev–Trinajstić information content (AvgIpc) is 2.55. The van der Waals surface area contributed by atoms with Crippen LogP contribution in [0.25, 0.3) is 0 Å². The van der Waals surface area contributed by atoms with Gasteiger partial charge < -0.3 is 5.11 Å². The Balaban J connectivity index is 2.44.